The van der Waals surface area contributed by atoms with E-state index in [1.54, 1.807) is 60.9 Å². The van der Waals surface area contributed by atoms with Crippen LogP contribution in [0.2, 0.25) is 0 Å². The molecule has 2 heterocycles. The van der Waals surface area contributed by atoms with Crippen molar-refractivity contribution in [1.82, 2.24) is 9.97 Å². The van der Waals surface area contributed by atoms with Crippen molar-refractivity contribution in [3.8, 4) is 11.1 Å². The van der Waals surface area contributed by atoms with Crippen LogP contribution in [0.1, 0.15) is 0 Å². The van der Waals surface area contributed by atoms with E-state index in [0.717, 1.165) is 11.1 Å². The highest BCUT2D eigenvalue weighted by Crippen LogP contribution is 2.24. The molecule has 4 rings (SSSR count). The molecule has 0 spiro atoms. The van der Waals surface area contributed by atoms with Gasteiger partial charge in [0.15, 0.2) is 0 Å². The Bertz CT molecular complexity index is 1300. The second-order valence-corrected chi connectivity index (χ2v) is 10.1. The summed E-state index contributed by atoms with van der Waals surface area (Å²) in [7, 11) is -7.50. The van der Waals surface area contributed by atoms with E-state index in [1.807, 2.05) is 0 Å². The van der Waals surface area contributed by atoms with Gasteiger partial charge in [0.2, 0.25) is 0 Å². The predicted octanol–water partition coefficient (Wildman–Crippen LogP) is 3.75. The molecule has 32 heavy (non-hydrogen) atoms. The van der Waals surface area contributed by atoms with Gasteiger partial charge in [-0.05, 0) is 59.7 Å². The Morgan fingerprint density at radius 2 is 0.906 bits per heavy atom. The van der Waals surface area contributed by atoms with Gasteiger partial charge in [-0.15, -0.1) is 0 Å². The highest BCUT2D eigenvalue weighted by atomic mass is 32.2. The van der Waals surface area contributed by atoms with E-state index in [4.69, 9.17) is 0 Å². The van der Waals surface area contributed by atoms with Crippen LogP contribution in [-0.4, -0.2) is 26.8 Å². The highest BCUT2D eigenvalue weighted by molar-refractivity contribution is 7.93. The summed E-state index contributed by atoms with van der Waals surface area (Å²) in [6, 6.07) is 19.1. The molecule has 0 atom stereocenters. The monoisotopic (exact) mass is 466 g/mol. The van der Waals surface area contributed by atoms with E-state index >= 15 is 0 Å². The molecular formula is C22H18N4O4S2. The summed E-state index contributed by atoms with van der Waals surface area (Å²) >= 11 is 0. The lowest BCUT2D eigenvalue weighted by Crippen LogP contribution is -2.13. The molecule has 0 bridgehead atoms. The highest BCUT2D eigenvalue weighted by Gasteiger charge is 2.16. The summed E-state index contributed by atoms with van der Waals surface area (Å²) in [5.41, 5.74) is 2.23. The van der Waals surface area contributed by atoms with Crippen molar-refractivity contribution in [3.63, 3.8) is 0 Å². The number of aromatic nitrogens is 2. The van der Waals surface area contributed by atoms with Gasteiger partial charge in [0.25, 0.3) is 20.0 Å². The van der Waals surface area contributed by atoms with Gasteiger partial charge in [-0.1, -0.05) is 24.3 Å². The van der Waals surface area contributed by atoms with Gasteiger partial charge >= 0.3 is 0 Å². The molecule has 2 aromatic heterocycles. The largest absolute Gasteiger partial charge is 0.278 e. The van der Waals surface area contributed by atoms with Crippen molar-refractivity contribution in [3.05, 3.63) is 97.6 Å². The third kappa shape index (κ3) is 4.93. The normalized spacial score (nSPS) is 11.6. The van der Waals surface area contributed by atoms with Crippen molar-refractivity contribution >= 4 is 31.4 Å². The first-order chi connectivity index (χ1) is 15.3. The fourth-order valence-electron chi connectivity index (χ4n) is 2.93. The minimum absolute atomic E-state index is 0.102. The van der Waals surface area contributed by atoms with Gasteiger partial charge in [0, 0.05) is 12.4 Å². The van der Waals surface area contributed by atoms with Gasteiger partial charge in [0.05, 0.1) is 33.6 Å². The maximum atomic E-state index is 12.5. The standard InChI is InChI=1S/C22H18N4O4S2/c27-31(28,25-19-3-1-13-23-15-19)21-9-5-17(6-10-21)18-7-11-22(12-8-18)32(29,30)26-20-4-2-14-24-16-20/h1-16,25-26H. The SMILES string of the molecule is O=S(=O)(Nc1cccnc1)c1ccc(-c2ccc(S(=O)(=O)Nc3cccnc3)cc2)cc1. The number of pyridine rings is 2. The van der Waals surface area contributed by atoms with Gasteiger partial charge < -0.3 is 0 Å². The van der Waals surface area contributed by atoms with Gasteiger partial charge in [-0.3, -0.25) is 19.4 Å². The van der Waals surface area contributed by atoms with Crippen LogP contribution in [0.5, 0.6) is 0 Å². The summed E-state index contributed by atoms with van der Waals surface area (Å²) in [6.07, 6.45) is 5.95. The maximum Gasteiger partial charge on any atom is 0.261 e. The van der Waals surface area contributed by atoms with Crippen LogP contribution in [0.25, 0.3) is 11.1 Å². The zero-order valence-corrected chi connectivity index (χ0v) is 18.2. The Morgan fingerprint density at radius 1 is 0.531 bits per heavy atom. The lowest BCUT2D eigenvalue weighted by Gasteiger charge is -2.10. The number of rotatable bonds is 7. The van der Waals surface area contributed by atoms with E-state index in [1.165, 1.54) is 36.7 Å². The van der Waals surface area contributed by atoms with E-state index in [-0.39, 0.29) is 9.79 Å². The second kappa shape index (κ2) is 8.77. The molecule has 0 aliphatic carbocycles. The number of hydrogen-bond acceptors (Lipinski definition) is 6. The molecule has 0 saturated carbocycles. The maximum absolute atomic E-state index is 12.5. The Hall–Kier alpha value is -3.76. The van der Waals surface area contributed by atoms with Crippen LogP contribution in [0.3, 0.4) is 0 Å². The van der Waals surface area contributed by atoms with Crippen LogP contribution in [0.15, 0.2) is 107 Å². The summed E-state index contributed by atoms with van der Waals surface area (Å²) in [5.74, 6) is 0. The summed E-state index contributed by atoms with van der Waals surface area (Å²) in [6.45, 7) is 0. The number of nitrogens with zero attached hydrogens (tertiary/aromatic N) is 2. The zero-order valence-electron chi connectivity index (χ0n) is 16.6. The van der Waals surface area contributed by atoms with Crippen LogP contribution in [0.4, 0.5) is 11.4 Å². The quantitative estimate of drug-likeness (QED) is 0.428. The average Bonchev–Trinajstić information content (AvgIpc) is 2.80. The number of nitrogens with one attached hydrogen (secondary N) is 2. The molecule has 10 heteroatoms. The minimum Gasteiger partial charge on any atom is -0.278 e. The molecule has 4 aromatic rings. The van der Waals surface area contributed by atoms with Gasteiger partial charge in [-0.2, -0.15) is 0 Å². The van der Waals surface area contributed by atoms with E-state index in [9.17, 15) is 16.8 Å². The van der Waals surface area contributed by atoms with E-state index in [0.29, 0.717) is 11.4 Å². The lowest BCUT2D eigenvalue weighted by atomic mass is 10.1. The molecule has 0 unspecified atom stereocenters. The Balaban J connectivity index is 1.51. The first-order valence-electron chi connectivity index (χ1n) is 9.40. The topological polar surface area (TPSA) is 118 Å². The van der Waals surface area contributed by atoms with Crippen molar-refractivity contribution in [2.24, 2.45) is 0 Å². The van der Waals surface area contributed by atoms with Crippen LogP contribution in [0, 0.1) is 0 Å². The molecule has 0 radical (unpaired) electrons. The van der Waals surface area contributed by atoms with Gasteiger partial charge in [0.1, 0.15) is 0 Å². The number of benzene rings is 2. The molecule has 8 nitrogen and oxygen atoms in total. The molecule has 0 aliphatic rings. The molecule has 162 valence electrons. The zero-order chi connectivity index (χ0) is 22.6. The predicted molar refractivity (Wildman–Crippen MR) is 122 cm³/mol. The number of anilines is 2. The molecule has 2 N–H and O–H groups in total. The van der Waals surface area contributed by atoms with Gasteiger partial charge in [-0.25, -0.2) is 16.8 Å². The fourth-order valence-corrected chi connectivity index (χ4v) is 5.01. The number of hydrogen-bond donors (Lipinski definition) is 2. The third-order valence-electron chi connectivity index (χ3n) is 4.49. The Morgan fingerprint density at radius 3 is 1.22 bits per heavy atom. The lowest BCUT2D eigenvalue weighted by molar-refractivity contribution is 0.599. The van der Waals surface area contributed by atoms with Crippen molar-refractivity contribution in [2.45, 2.75) is 9.79 Å². The Labute approximate surface area is 186 Å². The fraction of sp³-hybridized carbons (Fsp3) is 0. The molecular weight excluding hydrogens is 448 g/mol. The Kier molecular flexibility index (Phi) is 5.89. The second-order valence-electron chi connectivity index (χ2n) is 6.74. The molecule has 0 saturated heterocycles. The van der Waals surface area contributed by atoms with Crippen LogP contribution >= 0.6 is 0 Å². The van der Waals surface area contributed by atoms with Crippen molar-refractivity contribution in [2.75, 3.05) is 9.44 Å². The van der Waals surface area contributed by atoms with Crippen molar-refractivity contribution in [1.29, 1.82) is 0 Å². The minimum atomic E-state index is -3.75. The molecule has 0 fully saturated rings. The van der Waals surface area contributed by atoms with Crippen LogP contribution in [-0.2, 0) is 20.0 Å². The smallest absolute Gasteiger partial charge is 0.261 e. The van der Waals surface area contributed by atoms with E-state index < -0.39 is 20.0 Å². The average molecular weight is 467 g/mol. The summed E-state index contributed by atoms with van der Waals surface area (Å²) < 4.78 is 55.1. The summed E-state index contributed by atoms with van der Waals surface area (Å²) in [5, 5.41) is 0. The third-order valence-corrected chi connectivity index (χ3v) is 7.28. The first kappa shape index (κ1) is 21.5. The molecule has 2 aromatic carbocycles. The number of sulfonamides is 2. The van der Waals surface area contributed by atoms with Crippen LogP contribution < -0.4 is 9.44 Å². The first-order valence-corrected chi connectivity index (χ1v) is 12.4. The summed E-state index contributed by atoms with van der Waals surface area (Å²) in [4.78, 5) is 7.98. The van der Waals surface area contributed by atoms with E-state index in [2.05, 4.69) is 19.4 Å². The molecule has 0 amide bonds. The van der Waals surface area contributed by atoms with Crippen molar-refractivity contribution < 1.29 is 16.8 Å². The molecule has 0 aliphatic heterocycles.